The predicted octanol–water partition coefficient (Wildman–Crippen LogP) is 3.96. The molecule has 0 fully saturated rings. The Bertz CT molecular complexity index is 398. The second-order valence-electron chi connectivity index (χ2n) is 4.39. The summed E-state index contributed by atoms with van der Waals surface area (Å²) >= 11 is 1.90. The third-order valence-corrected chi connectivity index (χ3v) is 4.01. The molecule has 1 atom stereocenters. The van der Waals surface area contributed by atoms with Crippen molar-refractivity contribution in [2.45, 2.75) is 24.4 Å². The Kier molecular flexibility index (Phi) is 5.31. The molecule has 0 saturated carbocycles. The van der Waals surface area contributed by atoms with Crippen molar-refractivity contribution < 1.29 is 0 Å². The zero-order chi connectivity index (χ0) is 12.6. The lowest BCUT2D eigenvalue weighted by molar-refractivity contribution is 0.596. The summed E-state index contributed by atoms with van der Waals surface area (Å²) < 4.78 is 0. The second kappa shape index (κ2) is 7.24. The number of benzene rings is 2. The first-order valence-electron chi connectivity index (χ1n) is 6.30. The first-order chi connectivity index (χ1) is 8.84. The van der Waals surface area contributed by atoms with E-state index in [1.54, 1.807) is 0 Å². The lowest BCUT2D eigenvalue weighted by atomic mass is 10.2. The topological polar surface area (TPSA) is 12.0 Å². The van der Waals surface area contributed by atoms with Crippen LogP contribution < -0.4 is 5.32 Å². The minimum absolute atomic E-state index is 0.510. The van der Waals surface area contributed by atoms with Crippen LogP contribution in [0, 0.1) is 0 Å². The van der Waals surface area contributed by atoms with E-state index in [4.69, 9.17) is 0 Å². The lowest BCUT2D eigenvalue weighted by Crippen LogP contribution is -2.27. The molecule has 2 heteroatoms. The summed E-state index contributed by atoms with van der Waals surface area (Å²) in [6.45, 7) is 3.18. The quantitative estimate of drug-likeness (QED) is 0.786. The van der Waals surface area contributed by atoms with Crippen LogP contribution in [-0.4, -0.2) is 11.8 Å². The molecular weight excluding hydrogens is 238 g/mol. The number of nitrogens with one attached hydrogen (secondary N) is 1. The highest BCUT2D eigenvalue weighted by molar-refractivity contribution is 7.99. The van der Waals surface area contributed by atoms with Gasteiger partial charge in [0.2, 0.25) is 0 Å². The van der Waals surface area contributed by atoms with E-state index in [0.29, 0.717) is 6.04 Å². The second-order valence-corrected chi connectivity index (χ2v) is 5.49. The maximum Gasteiger partial charge on any atom is 0.0208 e. The Balaban J connectivity index is 1.71. The molecule has 1 N–H and O–H groups in total. The molecule has 18 heavy (non-hydrogen) atoms. The van der Waals surface area contributed by atoms with Gasteiger partial charge in [-0.1, -0.05) is 48.5 Å². The maximum atomic E-state index is 3.55. The standard InChI is InChI=1S/C16H19NS/c1-14(13-18-16-10-6-3-7-11-16)17-12-15-8-4-2-5-9-15/h2-11,14,17H,12-13H2,1H3/t14-/m1/s1. The number of rotatable bonds is 6. The normalized spacial score (nSPS) is 12.3. The molecule has 0 amide bonds. The van der Waals surface area contributed by atoms with Crippen LogP contribution in [0.3, 0.4) is 0 Å². The molecule has 0 aromatic heterocycles. The van der Waals surface area contributed by atoms with E-state index in [1.165, 1.54) is 10.5 Å². The number of hydrogen-bond donors (Lipinski definition) is 1. The van der Waals surface area contributed by atoms with Crippen LogP contribution in [0.5, 0.6) is 0 Å². The third kappa shape index (κ3) is 4.55. The molecule has 94 valence electrons. The van der Waals surface area contributed by atoms with Crippen molar-refractivity contribution in [2.24, 2.45) is 0 Å². The van der Waals surface area contributed by atoms with E-state index < -0.39 is 0 Å². The first kappa shape index (κ1) is 13.2. The summed E-state index contributed by atoms with van der Waals surface area (Å²) in [6, 6.07) is 21.6. The summed E-state index contributed by atoms with van der Waals surface area (Å²) in [4.78, 5) is 1.34. The summed E-state index contributed by atoms with van der Waals surface area (Å²) in [5.41, 5.74) is 1.34. The van der Waals surface area contributed by atoms with Crippen molar-refractivity contribution in [1.82, 2.24) is 5.32 Å². The molecule has 2 aromatic carbocycles. The molecule has 0 aliphatic rings. The van der Waals surface area contributed by atoms with Crippen molar-refractivity contribution >= 4 is 11.8 Å². The smallest absolute Gasteiger partial charge is 0.0208 e. The van der Waals surface area contributed by atoms with Crippen molar-refractivity contribution in [3.8, 4) is 0 Å². The molecule has 0 saturated heterocycles. The molecule has 0 radical (unpaired) electrons. The molecule has 0 unspecified atom stereocenters. The molecule has 0 aliphatic heterocycles. The van der Waals surface area contributed by atoms with Crippen LogP contribution in [0.4, 0.5) is 0 Å². The maximum absolute atomic E-state index is 3.55. The van der Waals surface area contributed by atoms with E-state index in [9.17, 15) is 0 Å². The zero-order valence-electron chi connectivity index (χ0n) is 10.7. The predicted molar refractivity (Wildman–Crippen MR) is 79.9 cm³/mol. The molecule has 0 aliphatic carbocycles. The van der Waals surface area contributed by atoms with E-state index in [1.807, 2.05) is 11.8 Å². The van der Waals surface area contributed by atoms with Gasteiger partial charge in [-0.3, -0.25) is 0 Å². The van der Waals surface area contributed by atoms with Crippen molar-refractivity contribution in [3.63, 3.8) is 0 Å². The highest BCUT2D eigenvalue weighted by Crippen LogP contribution is 2.17. The average molecular weight is 257 g/mol. The van der Waals surface area contributed by atoms with E-state index in [-0.39, 0.29) is 0 Å². The highest BCUT2D eigenvalue weighted by atomic mass is 32.2. The van der Waals surface area contributed by atoms with Crippen molar-refractivity contribution in [2.75, 3.05) is 5.75 Å². The van der Waals surface area contributed by atoms with Gasteiger partial charge in [0.25, 0.3) is 0 Å². The van der Waals surface area contributed by atoms with Gasteiger partial charge < -0.3 is 5.32 Å². The van der Waals surface area contributed by atoms with Gasteiger partial charge in [-0.05, 0) is 24.6 Å². The first-order valence-corrected chi connectivity index (χ1v) is 7.28. The third-order valence-electron chi connectivity index (χ3n) is 2.74. The SMILES string of the molecule is C[C@H](CSc1ccccc1)NCc1ccccc1. The van der Waals surface area contributed by atoms with Gasteiger partial charge in [-0.15, -0.1) is 11.8 Å². The highest BCUT2D eigenvalue weighted by Gasteiger charge is 2.02. The fourth-order valence-electron chi connectivity index (χ4n) is 1.68. The van der Waals surface area contributed by atoms with E-state index in [2.05, 4.69) is 72.9 Å². The Morgan fingerprint density at radius 1 is 0.944 bits per heavy atom. The number of hydrogen-bond acceptors (Lipinski definition) is 2. The fourth-order valence-corrected chi connectivity index (χ4v) is 2.59. The largest absolute Gasteiger partial charge is 0.309 e. The van der Waals surface area contributed by atoms with Gasteiger partial charge >= 0.3 is 0 Å². The van der Waals surface area contributed by atoms with Gasteiger partial charge in [-0.25, -0.2) is 0 Å². The fraction of sp³-hybridized carbons (Fsp3) is 0.250. The number of thioether (sulfide) groups is 1. The van der Waals surface area contributed by atoms with Crippen LogP contribution in [0.2, 0.25) is 0 Å². The molecule has 0 bridgehead atoms. The lowest BCUT2D eigenvalue weighted by Gasteiger charge is -2.13. The van der Waals surface area contributed by atoms with Crippen LogP contribution in [0.15, 0.2) is 65.6 Å². The molecule has 0 spiro atoms. The minimum Gasteiger partial charge on any atom is -0.309 e. The Morgan fingerprint density at radius 3 is 2.22 bits per heavy atom. The van der Waals surface area contributed by atoms with Gasteiger partial charge in [0.05, 0.1) is 0 Å². The van der Waals surface area contributed by atoms with Crippen LogP contribution >= 0.6 is 11.8 Å². The van der Waals surface area contributed by atoms with Crippen LogP contribution in [-0.2, 0) is 6.54 Å². The van der Waals surface area contributed by atoms with E-state index >= 15 is 0 Å². The molecule has 1 nitrogen and oxygen atoms in total. The van der Waals surface area contributed by atoms with Gasteiger partial charge in [0, 0.05) is 23.2 Å². The summed E-state index contributed by atoms with van der Waals surface area (Å²) in [5.74, 6) is 1.09. The Labute approximate surface area is 114 Å². The van der Waals surface area contributed by atoms with Gasteiger partial charge in [0.1, 0.15) is 0 Å². The monoisotopic (exact) mass is 257 g/mol. The molecule has 2 rings (SSSR count). The summed E-state index contributed by atoms with van der Waals surface area (Å²) in [5, 5.41) is 3.55. The zero-order valence-corrected chi connectivity index (χ0v) is 11.5. The van der Waals surface area contributed by atoms with E-state index in [0.717, 1.165) is 12.3 Å². The molecule has 2 aromatic rings. The summed E-state index contributed by atoms with van der Waals surface area (Å²) in [7, 11) is 0. The Hall–Kier alpha value is -1.25. The van der Waals surface area contributed by atoms with Crippen LogP contribution in [0.25, 0.3) is 0 Å². The van der Waals surface area contributed by atoms with Gasteiger partial charge in [0.15, 0.2) is 0 Å². The summed E-state index contributed by atoms with van der Waals surface area (Å²) in [6.07, 6.45) is 0. The Morgan fingerprint density at radius 2 is 1.56 bits per heavy atom. The molecule has 0 heterocycles. The van der Waals surface area contributed by atoms with Gasteiger partial charge in [-0.2, -0.15) is 0 Å². The van der Waals surface area contributed by atoms with Crippen LogP contribution in [0.1, 0.15) is 12.5 Å². The minimum atomic E-state index is 0.510. The molecular formula is C16H19NS. The van der Waals surface area contributed by atoms with Crippen molar-refractivity contribution in [1.29, 1.82) is 0 Å². The van der Waals surface area contributed by atoms with Crippen molar-refractivity contribution in [3.05, 3.63) is 66.2 Å². The average Bonchev–Trinajstić information content (AvgIpc) is 2.45.